The minimum absolute atomic E-state index is 0.130. The zero-order valence-electron chi connectivity index (χ0n) is 10.5. The van der Waals surface area contributed by atoms with E-state index in [1.54, 1.807) is 4.90 Å². The number of carbonyl (C=O) groups is 1. The van der Waals surface area contributed by atoms with Crippen molar-refractivity contribution in [3.05, 3.63) is 12.7 Å². The SMILES string of the molecule is CC(C)(C)N(CC(=O)O)c1ncnc2nc[nH]c12. The number of fused-ring (bicyclic) bond motifs is 1. The second-order valence-corrected chi connectivity index (χ2v) is 4.95. The van der Waals surface area contributed by atoms with Crippen LogP contribution in [0.1, 0.15) is 20.8 Å². The maximum Gasteiger partial charge on any atom is 0.323 e. The first kappa shape index (κ1) is 12.3. The van der Waals surface area contributed by atoms with Gasteiger partial charge >= 0.3 is 5.97 Å². The number of carboxylic acid groups (broad SMARTS) is 1. The summed E-state index contributed by atoms with van der Waals surface area (Å²) < 4.78 is 0. The summed E-state index contributed by atoms with van der Waals surface area (Å²) in [4.78, 5) is 27.9. The third-order valence-corrected chi connectivity index (χ3v) is 2.56. The largest absolute Gasteiger partial charge is 0.480 e. The number of aromatic amines is 1. The van der Waals surface area contributed by atoms with Gasteiger partial charge in [0.2, 0.25) is 0 Å². The van der Waals surface area contributed by atoms with E-state index in [9.17, 15) is 4.79 Å². The number of imidazole rings is 1. The number of H-pyrrole nitrogens is 1. The molecule has 0 aliphatic rings. The van der Waals surface area contributed by atoms with Gasteiger partial charge in [-0.1, -0.05) is 0 Å². The number of nitrogens with one attached hydrogen (secondary N) is 1. The van der Waals surface area contributed by atoms with E-state index in [-0.39, 0.29) is 12.1 Å². The third-order valence-electron chi connectivity index (χ3n) is 2.56. The number of anilines is 1. The molecule has 7 nitrogen and oxygen atoms in total. The van der Waals surface area contributed by atoms with Gasteiger partial charge in [0.1, 0.15) is 18.4 Å². The van der Waals surface area contributed by atoms with Crippen LogP contribution in [0, 0.1) is 0 Å². The van der Waals surface area contributed by atoms with Gasteiger partial charge in [-0.25, -0.2) is 15.0 Å². The third kappa shape index (κ3) is 2.24. The Balaban J connectivity index is 2.54. The lowest BCUT2D eigenvalue weighted by Crippen LogP contribution is -2.45. The second-order valence-electron chi connectivity index (χ2n) is 4.95. The lowest BCUT2D eigenvalue weighted by atomic mass is 10.1. The van der Waals surface area contributed by atoms with Crippen LogP contribution in [0.3, 0.4) is 0 Å². The standard InChI is InChI=1S/C11H15N5O2/c1-11(2,3)16(4-7(17)18)10-8-9(13-5-12-8)14-6-15-10/h5-6H,4H2,1-3H3,(H,17,18)(H,12,13,14,15). The van der Waals surface area contributed by atoms with Gasteiger partial charge in [0.05, 0.1) is 6.33 Å². The number of nitrogens with zero attached hydrogens (tertiary/aromatic N) is 4. The summed E-state index contributed by atoms with van der Waals surface area (Å²) in [7, 11) is 0. The number of aromatic nitrogens is 4. The predicted molar refractivity (Wildman–Crippen MR) is 66.4 cm³/mol. The second kappa shape index (κ2) is 4.25. The molecule has 0 fully saturated rings. The van der Waals surface area contributed by atoms with Crippen LogP contribution in [0.15, 0.2) is 12.7 Å². The molecule has 96 valence electrons. The molecule has 0 atom stereocenters. The van der Waals surface area contributed by atoms with Crippen LogP contribution in [-0.4, -0.2) is 43.1 Å². The predicted octanol–water partition coefficient (Wildman–Crippen LogP) is 1.04. The van der Waals surface area contributed by atoms with E-state index in [0.717, 1.165) is 0 Å². The van der Waals surface area contributed by atoms with Crippen LogP contribution in [0.5, 0.6) is 0 Å². The summed E-state index contributed by atoms with van der Waals surface area (Å²) in [5, 5.41) is 9.02. The van der Waals surface area contributed by atoms with Crippen LogP contribution in [0.2, 0.25) is 0 Å². The van der Waals surface area contributed by atoms with Gasteiger partial charge in [-0.3, -0.25) is 4.79 Å². The van der Waals surface area contributed by atoms with Gasteiger partial charge < -0.3 is 15.0 Å². The molecular weight excluding hydrogens is 234 g/mol. The fraction of sp³-hybridized carbons (Fsp3) is 0.455. The molecule has 2 aromatic rings. The number of hydrogen-bond donors (Lipinski definition) is 2. The van der Waals surface area contributed by atoms with Crippen LogP contribution in [-0.2, 0) is 4.79 Å². The molecule has 0 bridgehead atoms. The minimum Gasteiger partial charge on any atom is -0.480 e. The van der Waals surface area contributed by atoms with Gasteiger partial charge in [0.15, 0.2) is 11.5 Å². The Morgan fingerprint density at radius 3 is 2.72 bits per heavy atom. The average Bonchev–Trinajstić information content (AvgIpc) is 2.71. The summed E-state index contributed by atoms with van der Waals surface area (Å²) in [5.74, 6) is -0.358. The van der Waals surface area contributed by atoms with E-state index >= 15 is 0 Å². The Bertz CT molecular complexity index is 572. The summed E-state index contributed by atoms with van der Waals surface area (Å²) >= 11 is 0. The molecule has 18 heavy (non-hydrogen) atoms. The Kier molecular flexibility index (Phi) is 2.90. The van der Waals surface area contributed by atoms with Crippen molar-refractivity contribution >= 4 is 23.0 Å². The van der Waals surface area contributed by atoms with Crippen molar-refractivity contribution in [3.63, 3.8) is 0 Å². The van der Waals surface area contributed by atoms with E-state index in [4.69, 9.17) is 5.11 Å². The van der Waals surface area contributed by atoms with Gasteiger partial charge in [-0.2, -0.15) is 0 Å². The highest BCUT2D eigenvalue weighted by Gasteiger charge is 2.27. The summed E-state index contributed by atoms with van der Waals surface area (Å²) in [6.45, 7) is 5.66. The van der Waals surface area contributed by atoms with Crippen molar-refractivity contribution < 1.29 is 9.90 Å². The molecule has 0 aliphatic heterocycles. The Morgan fingerprint density at radius 2 is 2.11 bits per heavy atom. The lowest BCUT2D eigenvalue weighted by Gasteiger charge is -2.35. The molecule has 0 saturated heterocycles. The van der Waals surface area contributed by atoms with E-state index in [0.29, 0.717) is 17.0 Å². The van der Waals surface area contributed by atoms with Crippen LogP contribution < -0.4 is 4.90 Å². The van der Waals surface area contributed by atoms with E-state index < -0.39 is 5.97 Å². The number of aliphatic carboxylic acids is 1. The highest BCUT2D eigenvalue weighted by atomic mass is 16.4. The van der Waals surface area contributed by atoms with Crippen LogP contribution in [0.25, 0.3) is 11.2 Å². The monoisotopic (exact) mass is 249 g/mol. The molecule has 2 rings (SSSR count). The summed E-state index contributed by atoms with van der Waals surface area (Å²) in [5.41, 5.74) is 0.804. The molecule has 2 N–H and O–H groups in total. The molecule has 0 spiro atoms. The molecule has 0 saturated carbocycles. The maximum atomic E-state index is 11.0. The molecule has 2 heterocycles. The van der Waals surface area contributed by atoms with Crippen molar-refractivity contribution in [2.24, 2.45) is 0 Å². The first-order chi connectivity index (χ1) is 8.39. The number of hydrogen-bond acceptors (Lipinski definition) is 5. The lowest BCUT2D eigenvalue weighted by molar-refractivity contribution is -0.135. The topological polar surface area (TPSA) is 95.0 Å². The van der Waals surface area contributed by atoms with Crippen molar-refractivity contribution in [1.82, 2.24) is 19.9 Å². The molecule has 0 aliphatic carbocycles. The van der Waals surface area contributed by atoms with Crippen molar-refractivity contribution in [3.8, 4) is 0 Å². The molecule has 7 heteroatoms. The molecule has 0 aromatic carbocycles. The Morgan fingerprint density at radius 1 is 1.39 bits per heavy atom. The van der Waals surface area contributed by atoms with Gasteiger partial charge in [0.25, 0.3) is 0 Å². The molecule has 2 aromatic heterocycles. The summed E-state index contributed by atoms with van der Waals surface area (Å²) in [6.07, 6.45) is 2.91. The first-order valence-corrected chi connectivity index (χ1v) is 5.53. The Hall–Kier alpha value is -2.18. The molecule has 0 unspecified atom stereocenters. The zero-order chi connectivity index (χ0) is 13.3. The molecular formula is C11H15N5O2. The van der Waals surface area contributed by atoms with Crippen LogP contribution >= 0.6 is 0 Å². The highest BCUT2D eigenvalue weighted by Crippen LogP contribution is 2.26. The summed E-state index contributed by atoms with van der Waals surface area (Å²) in [6, 6.07) is 0. The maximum absolute atomic E-state index is 11.0. The quantitative estimate of drug-likeness (QED) is 0.844. The van der Waals surface area contributed by atoms with E-state index in [1.165, 1.54) is 12.7 Å². The van der Waals surface area contributed by atoms with Gasteiger partial charge in [-0.15, -0.1) is 0 Å². The minimum atomic E-state index is -0.906. The number of carboxylic acids is 1. The van der Waals surface area contributed by atoms with Crippen molar-refractivity contribution in [1.29, 1.82) is 0 Å². The van der Waals surface area contributed by atoms with Gasteiger partial charge in [-0.05, 0) is 20.8 Å². The van der Waals surface area contributed by atoms with Crippen molar-refractivity contribution in [2.45, 2.75) is 26.3 Å². The average molecular weight is 249 g/mol. The van der Waals surface area contributed by atoms with Crippen molar-refractivity contribution in [2.75, 3.05) is 11.4 Å². The zero-order valence-corrected chi connectivity index (χ0v) is 10.5. The fourth-order valence-electron chi connectivity index (χ4n) is 1.72. The highest BCUT2D eigenvalue weighted by molar-refractivity contribution is 5.85. The molecule has 0 amide bonds. The molecule has 0 radical (unpaired) electrons. The Labute approximate surface area is 104 Å². The fourth-order valence-corrected chi connectivity index (χ4v) is 1.72. The van der Waals surface area contributed by atoms with Gasteiger partial charge in [0, 0.05) is 5.54 Å². The first-order valence-electron chi connectivity index (χ1n) is 5.53. The van der Waals surface area contributed by atoms with E-state index in [2.05, 4.69) is 19.9 Å². The van der Waals surface area contributed by atoms with E-state index in [1.807, 2.05) is 20.8 Å². The normalized spacial score (nSPS) is 11.7. The number of rotatable bonds is 3. The smallest absolute Gasteiger partial charge is 0.323 e. The van der Waals surface area contributed by atoms with Crippen LogP contribution in [0.4, 0.5) is 5.82 Å².